The molecule has 2 aromatic carbocycles. The number of aromatic nitrogens is 3. The molecule has 3 aromatic rings. The largest absolute Gasteiger partial charge is 0.491 e. The first-order valence-electron chi connectivity index (χ1n) is 10.2. The Morgan fingerprint density at radius 2 is 1.53 bits per heavy atom. The van der Waals surface area contributed by atoms with E-state index >= 15 is 0 Å². The van der Waals surface area contributed by atoms with E-state index in [1.54, 1.807) is 12.1 Å². The minimum Gasteiger partial charge on any atom is -0.491 e. The fourth-order valence-electron chi connectivity index (χ4n) is 3.48. The Kier molecular flexibility index (Phi) is 5.90. The van der Waals surface area contributed by atoms with Crippen LogP contribution in [-0.2, 0) is 0 Å². The third kappa shape index (κ3) is 4.57. The van der Waals surface area contributed by atoms with Crippen LogP contribution in [0.4, 0.5) is 10.3 Å². The summed E-state index contributed by atoms with van der Waals surface area (Å²) in [6, 6.07) is 13.9. The molecule has 0 saturated carbocycles. The summed E-state index contributed by atoms with van der Waals surface area (Å²) < 4.78 is 19.2. The Morgan fingerprint density at radius 3 is 2.17 bits per heavy atom. The van der Waals surface area contributed by atoms with Crippen molar-refractivity contribution in [3.63, 3.8) is 0 Å². The number of aliphatic hydroxyl groups excluding tert-OH is 1. The molecule has 0 amide bonds. The van der Waals surface area contributed by atoms with Gasteiger partial charge < -0.3 is 14.7 Å². The van der Waals surface area contributed by atoms with Crippen LogP contribution in [0, 0.1) is 5.82 Å². The van der Waals surface area contributed by atoms with Crippen LogP contribution in [0.15, 0.2) is 48.5 Å². The van der Waals surface area contributed by atoms with Crippen molar-refractivity contribution in [2.45, 2.75) is 38.9 Å². The SMILES string of the molecule is CC(C)Oc1ccc(-c2nnc(N3CCC(O)CC3)nc2-c2ccc(F)cc2)cc1. The van der Waals surface area contributed by atoms with Gasteiger partial charge in [0.25, 0.3) is 0 Å². The number of hydrogen-bond acceptors (Lipinski definition) is 6. The van der Waals surface area contributed by atoms with Gasteiger partial charge in [-0.2, -0.15) is 0 Å². The first-order chi connectivity index (χ1) is 14.5. The van der Waals surface area contributed by atoms with Crippen LogP contribution < -0.4 is 9.64 Å². The van der Waals surface area contributed by atoms with E-state index in [0.717, 1.165) is 16.9 Å². The van der Waals surface area contributed by atoms with Crippen LogP contribution in [0.25, 0.3) is 22.5 Å². The number of anilines is 1. The first-order valence-corrected chi connectivity index (χ1v) is 10.2. The highest BCUT2D eigenvalue weighted by atomic mass is 19.1. The van der Waals surface area contributed by atoms with Crippen LogP contribution in [0.5, 0.6) is 5.75 Å². The van der Waals surface area contributed by atoms with Gasteiger partial charge in [-0.05, 0) is 75.2 Å². The number of nitrogens with zero attached hydrogens (tertiary/aromatic N) is 4. The number of halogens is 1. The summed E-state index contributed by atoms with van der Waals surface area (Å²) in [5.41, 5.74) is 2.88. The molecular weight excluding hydrogens is 383 g/mol. The Morgan fingerprint density at radius 1 is 0.933 bits per heavy atom. The minimum absolute atomic E-state index is 0.0921. The van der Waals surface area contributed by atoms with Gasteiger partial charge in [0, 0.05) is 24.2 Å². The van der Waals surface area contributed by atoms with E-state index in [1.165, 1.54) is 12.1 Å². The Bertz CT molecular complexity index is 985. The average Bonchev–Trinajstić information content (AvgIpc) is 2.75. The van der Waals surface area contributed by atoms with Gasteiger partial charge in [0.05, 0.1) is 12.2 Å². The first kappa shape index (κ1) is 20.2. The summed E-state index contributed by atoms with van der Waals surface area (Å²) in [6.07, 6.45) is 1.16. The molecule has 30 heavy (non-hydrogen) atoms. The third-order valence-corrected chi connectivity index (χ3v) is 5.04. The lowest BCUT2D eigenvalue weighted by molar-refractivity contribution is 0.145. The van der Waals surface area contributed by atoms with Gasteiger partial charge in [0.2, 0.25) is 5.95 Å². The number of rotatable bonds is 5. The molecular formula is C23H25FN4O2. The number of aliphatic hydroxyl groups is 1. The quantitative estimate of drug-likeness (QED) is 0.686. The van der Waals surface area contributed by atoms with Crippen LogP contribution in [0.3, 0.4) is 0 Å². The summed E-state index contributed by atoms with van der Waals surface area (Å²) in [4.78, 5) is 6.81. The lowest BCUT2D eigenvalue weighted by Gasteiger charge is -2.29. The van der Waals surface area contributed by atoms with Crippen molar-refractivity contribution in [3.8, 4) is 28.3 Å². The standard InChI is InChI=1S/C23H25FN4O2/c1-15(2)30-20-9-5-17(6-10-20)22-21(16-3-7-18(24)8-4-16)25-23(27-26-22)28-13-11-19(29)12-14-28/h3-10,15,19,29H,11-14H2,1-2H3. The highest BCUT2D eigenvalue weighted by molar-refractivity contribution is 5.78. The van der Waals surface area contributed by atoms with E-state index in [-0.39, 0.29) is 18.0 Å². The number of ether oxygens (including phenoxy) is 1. The predicted molar refractivity (Wildman–Crippen MR) is 114 cm³/mol. The van der Waals surface area contributed by atoms with Gasteiger partial charge in [-0.3, -0.25) is 0 Å². The van der Waals surface area contributed by atoms with Crippen LogP contribution >= 0.6 is 0 Å². The van der Waals surface area contributed by atoms with E-state index < -0.39 is 0 Å². The average molecular weight is 408 g/mol. The lowest BCUT2D eigenvalue weighted by Crippen LogP contribution is -2.37. The second kappa shape index (κ2) is 8.75. The molecule has 1 aromatic heterocycles. The maximum absolute atomic E-state index is 13.5. The van der Waals surface area contributed by atoms with Crippen molar-refractivity contribution in [1.29, 1.82) is 0 Å². The molecule has 0 radical (unpaired) electrons. The molecule has 1 saturated heterocycles. The molecule has 0 bridgehead atoms. The van der Waals surface area contributed by atoms with Crippen molar-refractivity contribution in [2.75, 3.05) is 18.0 Å². The number of benzene rings is 2. The Hall–Kier alpha value is -3.06. The van der Waals surface area contributed by atoms with Gasteiger partial charge >= 0.3 is 0 Å². The van der Waals surface area contributed by atoms with Crippen molar-refractivity contribution in [1.82, 2.24) is 15.2 Å². The molecule has 1 fully saturated rings. The summed E-state index contributed by atoms with van der Waals surface area (Å²) >= 11 is 0. The van der Waals surface area contributed by atoms with E-state index in [1.807, 2.05) is 43.0 Å². The molecule has 1 N–H and O–H groups in total. The van der Waals surface area contributed by atoms with E-state index in [0.29, 0.717) is 43.3 Å². The molecule has 0 aliphatic carbocycles. The highest BCUT2D eigenvalue weighted by Crippen LogP contribution is 2.31. The van der Waals surface area contributed by atoms with Crippen LogP contribution in [-0.4, -0.2) is 45.6 Å². The smallest absolute Gasteiger partial charge is 0.245 e. The molecule has 0 unspecified atom stereocenters. The van der Waals surface area contributed by atoms with Gasteiger partial charge in [-0.1, -0.05) is 0 Å². The van der Waals surface area contributed by atoms with E-state index in [2.05, 4.69) is 10.2 Å². The summed E-state index contributed by atoms with van der Waals surface area (Å²) in [5, 5.41) is 18.6. The number of piperidine rings is 1. The van der Waals surface area contributed by atoms with Crippen molar-refractivity contribution >= 4 is 5.95 Å². The molecule has 156 valence electrons. The van der Waals surface area contributed by atoms with Crippen molar-refractivity contribution < 1.29 is 14.2 Å². The molecule has 0 atom stereocenters. The summed E-state index contributed by atoms with van der Waals surface area (Å²) in [5.74, 6) is 0.994. The van der Waals surface area contributed by atoms with E-state index in [4.69, 9.17) is 9.72 Å². The summed E-state index contributed by atoms with van der Waals surface area (Å²) in [6.45, 7) is 5.31. The molecule has 7 heteroatoms. The topological polar surface area (TPSA) is 71.4 Å². The second-order valence-corrected chi connectivity index (χ2v) is 7.73. The fraction of sp³-hybridized carbons (Fsp3) is 0.348. The third-order valence-electron chi connectivity index (χ3n) is 5.04. The van der Waals surface area contributed by atoms with Gasteiger partial charge in [-0.25, -0.2) is 9.37 Å². The molecule has 6 nitrogen and oxygen atoms in total. The van der Waals surface area contributed by atoms with Crippen LogP contribution in [0.1, 0.15) is 26.7 Å². The molecule has 2 heterocycles. The van der Waals surface area contributed by atoms with Gasteiger partial charge in [-0.15, -0.1) is 10.2 Å². The maximum atomic E-state index is 13.5. The van der Waals surface area contributed by atoms with E-state index in [9.17, 15) is 9.50 Å². The molecule has 0 spiro atoms. The minimum atomic E-state index is -0.303. The monoisotopic (exact) mass is 408 g/mol. The van der Waals surface area contributed by atoms with Gasteiger partial charge in [0.1, 0.15) is 23.0 Å². The highest BCUT2D eigenvalue weighted by Gasteiger charge is 2.22. The Labute approximate surface area is 175 Å². The zero-order valence-corrected chi connectivity index (χ0v) is 17.1. The second-order valence-electron chi connectivity index (χ2n) is 7.73. The Balaban J connectivity index is 1.72. The van der Waals surface area contributed by atoms with Gasteiger partial charge in [0.15, 0.2) is 0 Å². The zero-order valence-electron chi connectivity index (χ0n) is 17.1. The number of hydrogen-bond donors (Lipinski definition) is 1. The predicted octanol–water partition coefficient (Wildman–Crippen LogP) is 4.09. The van der Waals surface area contributed by atoms with Crippen molar-refractivity contribution in [2.24, 2.45) is 0 Å². The normalized spacial score (nSPS) is 14.9. The molecule has 1 aliphatic rings. The summed E-state index contributed by atoms with van der Waals surface area (Å²) in [7, 11) is 0. The van der Waals surface area contributed by atoms with Crippen molar-refractivity contribution in [3.05, 3.63) is 54.3 Å². The maximum Gasteiger partial charge on any atom is 0.245 e. The zero-order chi connectivity index (χ0) is 21.1. The lowest BCUT2D eigenvalue weighted by atomic mass is 10.0. The molecule has 4 rings (SSSR count). The fourth-order valence-corrected chi connectivity index (χ4v) is 3.48. The molecule has 1 aliphatic heterocycles. The van der Waals surface area contributed by atoms with Crippen LogP contribution in [0.2, 0.25) is 0 Å².